The van der Waals surface area contributed by atoms with Gasteiger partial charge in [-0.2, -0.15) is 0 Å². The lowest BCUT2D eigenvalue weighted by Crippen LogP contribution is -2.11. The molecule has 0 bridgehead atoms. The van der Waals surface area contributed by atoms with E-state index < -0.39 is 5.43 Å². The molecule has 0 aliphatic rings. The second kappa shape index (κ2) is 4.05. The Balaban J connectivity index is 0. The van der Waals surface area contributed by atoms with E-state index in [1.807, 2.05) is 0 Å². The normalized spacial score (nSPS) is 5.00. The molecule has 0 radical (unpaired) electrons. The molecule has 0 heterocycles. The summed E-state index contributed by atoms with van der Waals surface area (Å²) in [5, 5.41) is 8.65. The Bertz CT molecular complexity index is 30.6. The molecule has 0 aliphatic carbocycles. The first-order valence-corrected chi connectivity index (χ1v) is 0.975. The van der Waals surface area contributed by atoms with Crippen LogP contribution in [0.4, 0.5) is 4.79 Å². The Morgan fingerprint density at radius 3 is 1.80 bits per heavy atom. The smallest absolute Gasteiger partial charge is 0.134 e. The predicted molar refractivity (Wildman–Crippen MR) is 18.5 cm³/mol. The SMILES string of the molecule is Cl.O=C([O-])Cl. The maximum atomic E-state index is 8.65. The standard InChI is InChI=1S/CHClO2.ClH/c2-1(3)4;/h(H,3,4);1H/p-1. The van der Waals surface area contributed by atoms with Crippen LogP contribution in [0.5, 0.6) is 0 Å². The molecule has 0 aromatic heterocycles. The van der Waals surface area contributed by atoms with E-state index in [9.17, 15) is 0 Å². The van der Waals surface area contributed by atoms with Crippen LogP contribution >= 0.6 is 24.0 Å². The summed E-state index contributed by atoms with van der Waals surface area (Å²) in [6.45, 7) is 0. The zero-order chi connectivity index (χ0) is 3.58. The van der Waals surface area contributed by atoms with Gasteiger partial charge in [-0.15, -0.1) is 12.4 Å². The number of carboxylic acid groups (broad SMARTS) is 1. The maximum Gasteiger partial charge on any atom is 0.134 e. The molecule has 0 aliphatic heterocycles. The minimum absolute atomic E-state index is 0. The summed E-state index contributed by atoms with van der Waals surface area (Å²) in [5.41, 5.74) is -1.61. The van der Waals surface area contributed by atoms with Crippen LogP contribution in [0.3, 0.4) is 0 Å². The number of carbonyl (C=O) groups excluding carboxylic acids is 1. The molecule has 0 fully saturated rings. The van der Waals surface area contributed by atoms with Crippen LogP contribution in [0.2, 0.25) is 0 Å². The third kappa shape index (κ3) is 6810. The Morgan fingerprint density at radius 1 is 1.80 bits per heavy atom. The summed E-state index contributed by atoms with van der Waals surface area (Å²) in [6.07, 6.45) is 0. The Hall–Kier alpha value is 0.0500. The third-order valence-electron chi connectivity index (χ3n) is 0. The largest absolute Gasteiger partial charge is 0.534 e. The van der Waals surface area contributed by atoms with Crippen LogP contribution in [0.25, 0.3) is 0 Å². The van der Waals surface area contributed by atoms with Gasteiger partial charge in [-0.25, -0.2) is 0 Å². The summed E-state index contributed by atoms with van der Waals surface area (Å²) >= 11 is 4.08. The fourth-order valence-electron chi connectivity index (χ4n) is 0. The van der Waals surface area contributed by atoms with Crippen LogP contribution in [0.15, 0.2) is 0 Å². The van der Waals surface area contributed by atoms with E-state index in [4.69, 9.17) is 9.90 Å². The van der Waals surface area contributed by atoms with Gasteiger partial charge in [0, 0.05) is 0 Å². The second-order valence-electron chi connectivity index (χ2n) is 0.238. The van der Waals surface area contributed by atoms with Crippen molar-refractivity contribution in [3.63, 3.8) is 0 Å². The molecule has 0 spiro atoms. The Kier molecular flexibility index (Phi) is 7.21. The van der Waals surface area contributed by atoms with Gasteiger partial charge in [-0.05, 0) is 0 Å². The predicted octanol–water partition coefficient (Wildman–Crippen LogP) is -0.00970. The van der Waals surface area contributed by atoms with Crippen molar-refractivity contribution in [2.75, 3.05) is 0 Å². The zero-order valence-electron chi connectivity index (χ0n) is 2.10. The van der Waals surface area contributed by atoms with Crippen molar-refractivity contribution >= 4 is 29.4 Å². The van der Waals surface area contributed by atoms with Crippen LogP contribution in [0, 0.1) is 0 Å². The van der Waals surface area contributed by atoms with E-state index in [1.165, 1.54) is 0 Å². The monoisotopic (exact) mass is 115 g/mol. The van der Waals surface area contributed by atoms with E-state index in [0.717, 1.165) is 0 Å². The number of rotatable bonds is 0. The lowest BCUT2D eigenvalue weighted by atomic mass is 11.6. The first-order chi connectivity index (χ1) is 1.73. The van der Waals surface area contributed by atoms with Crippen LogP contribution in [-0.4, -0.2) is 5.43 Å². The molecule has 0 aromatic carbocycles. The minimum atomic E-state index is -1.61. The summed E-state index contributed by atoms with van der Waals surface area (Å²) < 4.78 is 0. The van der Waals surface area contributed by atoms with E-state index in [1.54, 1.807) is 0 Å². The molecule has 0 unspecified atom stereocenters. The highest BCUT2D eigenvalue weighted by Gasteiger charge is 1.51. The molecule has 2 nitrogen and oxygen atoms in total. The first-order valence-electron chi connectivity index (χ1n) is 0.597. The van der Waals surface area contributed by atoms with Crippen molar-refractivity contribution in [2.24, 2.45) is 0 Å². The Labute approximate surface area is 40.2 Å². The second-order valence-corrected chi connectivity index (χ2v) is 0.546. The van der Waals surface area contributed by atoms with Gasteiger partial charge >= 0.3 is 0 Å². The molecule has 0 saturated heterocycles. The van der Waals surface area contributed by atoms with Crippen LogP contribution in [-0.2, 0) is 0 Å². The third-order valence-corrected chi connectivity index (χ3v) is 0. The summed E-state index contributed by atoms with van der Waals surface area (Å²) in [7, 11) is 0. The van der Waals surface area contributed by atoms with Crippen molar-refractivity contribution in [1.29, 1.82) is 0 Å². The Morgan fingerprint density at radius 2 is 1.80 bits per heavy atom. The van der Waals surface area contributed by atoms with Crippen LogP contribution < -0.4 is 5.11 Å². The van der Waals surface area contributed by atoms with Crippen molar-refractivity contribution in [3.05, 3.63) is 0 Å². The molecular formula is CHCl2O2-. The van der Waals surface area contributed by atoms with Crippen LogP contribution in [0.1, 0.15) is 0 Å². The quantitative estimate of drug-likeness (QED) is 0.417. The first kappa shape index (κ1) is 8.90. The van der Waals surface area contributed by atoms with Crippen molar-refractivity contribution in [3.8, 4) is 0 Å². The van der Waals surface area contributed by atoms with Crippen molar-refractivity contribution < 1.29 is 9.90 Å². The van der Waals surface area contributed by atoms with E-state index in [2.05, 4.69) is 11.6 Å². The fourth-order valence-corrected chi connectivity index (χ4v) is 0. The lowest BCUT2D eigenvalue weighted by molar-refractivity contribution is -0.233. The summed E-state index contributed by atoms with van der Waals surface area (Å²) in [4.78, 5) is 8.65. The average molecular weight is 116 g/mol. The topological polar surface area (TPSA) is 40.1 Å². The van der Waals surface area contributed by atoms with Gasteiger partial charge in [0.25, 0.3) is 0 Å². The van der Waals surface area contributed by atoms with Gasteiger partial charge in [0.15, 0.2) is 0 Å². The summed E-state index contributed by atoms with van der Waals surface area (Å²) in [6, 6.07) is 0. The number of hydrogen-bond donors (Lipinski definition) is 0. The molecule has 0 rings (SSSR count). The van der Waals surface area contributed by atoms with Gasteiger partial charge in [0.1, 0.15) is 5.43 Å². The average Bonchev–Trinajstić information content (AvgIpc) is 0.811. The highest BCUT2D eigenvalue weighted by atomic mass is 35.5. The van der Waals surface area contributed by atoms with Gasteiger partial charge in [-0.1, -0.05) is 11.6 Å². The molecular weight excluding hydrogens is 115 g/mol. The molecule has 32 valence electrons. The number of hydrogen-bond acceptors (Lipinski definition) is 2. The molecule has 0 aromatic rings. The van der Waals surface area contributed by atoms with E-state index in [-0.39, 0.29) is 12.4 Å². The molecule has 0 atom stereocenters. The molecule has 0 saturated carbocycles. The number of carbonyl (C=O) groups is 1. The van der Waals surface area contributed by atoms with Crippen molar-refractivity contribution in [1.82, 2.24) is 0 Å². The molecule has 0 amide bonds. The highest BCUT2D eigenvalue weighted by molar-refractivity contribution is 6.59. The maximum absolute atomic E-state index is 8.65. The van der Waals surface area contributed by atoms with Crippen molar-refractivity contribution in [2.45, 2.75) is 0 Å². The van der Waals surface area contributed by atoms with E-state index in [0.29, 0.717) is 0 Å². The fraction of sp³-hybridized carbons (Fsp3) is 0. The van der Waals surface area contributed by atoms with E-state index >= 15 is 0 Å². The summed E-state index contributed by atoms with van der Waals surface area (Å²) in [5.74, 6) is 0. The lowest BCUT2D eigenvalue weighted by Gasteiger charge is -1.73. The van der Waals surface area contributed by atoms with Gasteiger partial charge in [0.2, 0.25) is 0 Å². The number of halogens is 2. The molecule has 0 N–H and O–H groups in total. The molecule has 5 heavy (non-hydrogen) atoms. The van der Waals surface area contributed by atoms with Gasteiger partial charge < -0.3 is 9.90 Å². The van der Waals surface area contributed by atoms with Gasteiger partial charge in [-0.3, -0.25) is 0 Å². The molecule has 4 heteroatoms. The highest BCUT2D eigenvalue weighted by Crippen LogP contribution is 1.60. The minimum Gasteiger partial charge on any atom is -0.534 e. The zero-order valence-corrected chi connectivity index (χ0v) is 3.68. The van der Waals surface area contributed by atoms with Gasteiger partial charge in [0.05, 0.1) is 0 Å².